The number of carbonyl (C=O) groups is 2. The standard InChI is InChI=1S/C23H30N4O2/c1-2-22(28)27(21-11-7-6-10-20(21)25-23(24)29)19-13-16-26(17-14-19)15-12-18-8-4-3-5-9-18/h3-11,19H,2,12-17H2,1H3,(H3,24,25,29). The maximum Gasteiger partial charge on any atom is 0.316 e. The number of piperidine rings is 1. The molecule has 29 heavy (non-hydrogen) atoms. The van der Waals surface area contributed by atoms with Crippen molar-refractivity contribution in [3.63, 3.8) is 0 Å². The topological polar surface area (TPSA) is 78.7 Å². The van der Waals surface area contributed by atoms with E-state index >= 15 is 0 Å². The Morgan fingerprint density at radius 1 is 1.07 bits per heavy atom. The largest absolute Gasteiger partial charge is 0.351 e. The van der Waals surface area contributed by atoms with Crippen LogP contribution in [-0.4, -0.2) is 42.5 Å². The minimum Gasteiger partial charge on any atom is -0.351 e. The van der Waals surface area contributed by atoms with Crippen LogP contribution in [0.3, 0.4) is 0 Å². The Labute approximate surface area is 172 Å². The fraction of sp³-hybridized carbons (Fsp3) is 0.391. The minimum atomic E-state index is -0.628. The van der Waals surface area contributed by atoms with Crippen LogP contribution in [-0.2, 0) is 11.2 Å². The van der Waals surface area contributed by atoms with Crippen LogP contribution in [0.25, 0.3) is 0 Å². The molecule has 1 aliphatic rings. The Morgan fingerprint density at radius 2 is 1.72 bits per heavy atom. The molecule has 3 amide bonds. The first kappa shape index (κ1) is 20.9. The molecule has 1 fully saturated rings. The molecule has 1 aliphatic heterocycles. The molecular weight excluding hydrogens is 364 g/mol. The highest BCUT2D eigenvalue weighted by Gasteiger charge is 2.29. The zero-order valence-electron chi connectivity index (χ0n) is 17.0. The second-order valence-electron chi connectivity index (χ2n) is 7.43. The third-order valence-corrected chi connectivity index (χ3v) is 5.47. The molecule has 0 spiro atoms. The molecular formula is C23H30N4O2. The molecule has 0 unspecified atom stereocenters. The van der Waals surface area contributed by atoms with Crippen LogP contribution in [0.4, 0.5) is 16.2 Å². The van der Waals surface area contributed by atoms with Crippen LogP contribution in [0.1, 0.15) is 31.7 Å². The average molecular weight is 395 g/mol. The third kappa shape index (κ3) is 5.57. The van der Waals surface area contributed by atoms with Crippen molar-refractivity contribution in [2.75, 3.05) is 29.9 Å². The fourth-order valence-corrected chi connectivity index (χ4v) is 3.96. The van der Waals surface area contributed by atoms with E-state index in [0.29, 0.717) is 12.1 Å². The van der Waals surface area contributed by atoms with Gasteiger partial charge in [-0.05, 0) is 37.0 Å². The highest BCUT2D eigenvalue weighted by molar-refractivity contribution is 6.00. The van der Waals surface area contributed by atoms with E-state index in [1.54, 1.807) is 6.07 Å². The van der Waals surface area contributed by atoms with Gasteiger partial charge in [0.15, 0.2) is 0 Å². The Hall–Kier alpha value is -2.86. The molecule has 3 rings (SSSR count). The van der Waals surface area contributed by atoms with E-state index in [1.165, 1.54) is 5.56 Å². The fourth-order valence-electron chi connectivity index (χ4n) is 3.96. The highest BCUT2D eigenvalue weighted by atomic mass is 16.2. The van der Waals surface area contributed by atoms with Gasteiger partial charge in [0.25, 0.3) is 0 Å². The maximum atomic E-state index is 12.8. The molecule has 0 radical (unpaired) electrons. The van der Waals surface area contributed by atoms with Crippen LogP contribution >= 0.6 is 0 Å². The quantitative estimate of drug-likeness (QED) is 0.753. The molecule has 1 heterocycles. The summed E-state index contributed by atoms with van der Waals surface area (Å²) in [5.74, 6) is 0.0615. The van der Waals surface area contributed by atoms with Crippen molar-refractivity contribution in [2.45, 2.75) is 38.6 Å². The van der Waals surface area contributed by atoms with Crippen LogP contribution < -0.4 is 16.0 Å². The number of carbonyl (C=O) groups excluding carboxylic acids is 2. The van der Waals surface area contributed by atoms with E-state index < -0.39 is 6.03 Å². The normalized spacial score (nSPS) is 15.1. The predicted molar refractivity (Wildman–Crippen MR) is 117 cm³/mol. The van der Waals surface area contributed by atoms with Gasteiger partial charge in [0.1, 0.15) is 0 Å². The van der Waals surface area contributed by atoms with Gasteiger partial charge in [-0.15, -0.1) is 0 Å². The van der Waals surface area contributed by atoms with Crippen LogP contribution in [0.5, 0.6) is 0 Å². The summed E-state index contributed by atoms with van der Waals surface area (Å²) in [5, 5.41) is 2.65. The van der Waals surface area contributed by atoms with Gasteiger partial charge in [-0.2, -0.15) is 0 Å². The zero-order valence-corrected chi connectivity index (χ0v) is 17.0. The number of primary amides is 1. The first-order chi connectivity index (χ1) is 14.1. The van der Waals surface area contributed by atoms with Gasteiger partial charge in [-0.25, -0.2) is 4.79 Å². The van der Waals surface area contributed by atoms with E-state index in [-0.39, 0.29) is 11.9 Å². The number of amides is 3. The number of hydrogen-bond donors (Lipinski definition) is 2. The summed E-state index contributed by atoms with van der Waals surface area (Å²) in [4.78, 5) is 28.5. The Kier molecular flexibility index (Phi) is 7.25. The summed E-state index contributed by atoms with van der Waals surface area (Å²) >= 11 is 0. The number of nitrogens with one attached hydrogen (secondary N) is 1. The highest BCUT2D eigenvalue weighted by Crippen LogP contribution is 2.31. The number of urea groups is 1. The van der Waals surface area contributed by atoms with E-state index in [4.69, 9.17) is 5.73 Å². The smallest absolute Gasteiger partial charge is 0.316 e. The van der Waals surface area contributed by atoms with E-state index in [2.05, 4.69) is 34.5 Å². The molecule has 0 aromatic heterocycles. The zero-order chi connectivity index (χ0) is 20.6. The third-order valence-electron chi connectivity index (χ3n) is 5.47. The summed E-state index contributed by atoms with van der Waals surface area (Å²) in [7, 11) is 0. The first-order valence-electron chi connectivity index (χ1n) is 10.3. The van der Waals surface area contributed by atoms with Gasteiger partial charge < -0.3 is 20.9 Å². The number of nitrogens with zero attached hydrogens (tertiary/aromatic N) is 2. The second kappa shape index (κ2) is 10.1. The lowest BCUT2D eigenvalue weighted by Crippen LogP contribution is -2.48. The summed E-state index contributed by atoms with van der Waals surface area (Å²) in [6.45, 7) is 4.81. The molecule has 1 saturated heterocycles. The molecule has 2 aromatic carbocycles. The number of para-hydroxylation sites is 2. The SMILES string of the molecule is CCC(=O)N(c1ccccc1NC(N)=O)C1CCN(CCc2ccccc2)CC1. The van der Waals surface area contributed by atoms with Crippen molar-refractivity contribution in [2.24, 2.45) is 5.73 Å². The van der Waals surface area contributed by atoms with Gasteiger partial charge in [-0.3, -0.25) is 4.79 Å². The van der Waals surface area contributed by atoms with E-state index in [9.17, 15) is 9.59 Å². The lowest BCUT2D eigenvalue weighted by molar-refractivity contribution is -0.119. The van der Waals surface area contributed by atoms with Gasteiger partial charge in [0.2, 0.25) is 5.91 Å². The van der Waals surface area contributed by atoms with Crippen LogP contribution in [0, 0.1) is 0 Å². The molecule has 0 aliphatic carbocycles. The van der Waals surface area contributed by atoms with Gasteiger partial charge in [0.05, 0.1) is 11.4 Å². The Balaban J connectivity index is 1.67. The number of rotatable bonds is 7. The maximum absolute atomic E-state index is 12.8. The van der Waals surface area contributed by atoms with E-state index in [0.717, 1.165) is 44.6 Å². The number of anilines is 2. The molecule has 0 saturated carbocycles. The average Bonchev–Trinajstić information content (AvgIpc) is 2.74. The number of nitrogens with two attached hydrogens (primary N) is 1. The van der Waals surface area contributed by atoms with Gasteiger partial charge in [0, 0.05) is 32.1 Å². The minimum absolute atomic E-state index is 0.0615. The molecule has 2 aromatic rings. The lowest BCUT2D eigenvalue weighted by atomic mass is 10.0. The number of benzene rings is 2. The summed E-state index contributed by atoms with van der Waals surface area (Å²) in [6.07, 6.45) is 3.27. The van der Waals surface area contributed by atoms with Crippen molar-refractivity contribution >= 4 is 23.3 Å². The van der Waals surface area contributed by atoms with E-state index in [1.807, 2.05) is 36.1 Å². The van der Waals surface area contributed by atoms with Crippen molar-refractivity contribution in [3.8, 4) is 0 Å². The number of likely N-dealkylation sites (tertiary alicyclic amines) is 1. The predicted octanol–water partition coefficient (Wildman–Crippen LogP) is 3.63. The van der Waals surface area contributed by atoms with Crippen molar-refractivity contribution in [1.82, 2.24) is 4.90 Å². The summed E-state index contributed by atoms with van der Waals surface area (Å²) in [6, 6.07) is 17.4. The molecule has 0 bridgehead atoms. The van der Waals surface area contributed by atoms with Crippen molar-refractivity contribution in [3.05, 3.63) is 60.2 Å². The Bertz CT molecular complexity index is 817. The Morgan fingerprint density at radius 3 is 2.38 bits per heavy atom. The lowest BCUT2D eigenvalue weighted by Gasteiger charge is -2.39. The van der Waals surface area contributed by atoms with Gasteiger partial charge in [-0.1, -0.05) is 49.4 Å². The first-order valence-corrected chi connectivity index (χ1v) is 10.3. The van der Waals surface area contributed by atoms with Crippen LogP contribution in [0.2, 0.25) is 0 Å². The molecule has 0 atom stereocenters. The second-order valence-corrected chi connectivity index (χ2v) is 7.43. The summed E-state index contributed by atoms with van der Waals surface area (Å²) < 4.78 is 0. The molecule has 6 nitrogen and oxygen atoms in total. The van der Waals surface area contributed by atoms with Crippen molar-refractivity contribution < 1.29 is 9.59 Å². The van der Waals surface area contributed by atoms with Crippen LogP contribution in [0.15, 0.2) is 54.6 Å². The molecule has 6 heteroatoms. The summed E-state index contributed by atoms with van der Waals surface area (Å²) in [5.41, 5.74) is 7.97. The van der Waals surface area contributed by atoms with Crippen molar-refractivity contribution in [1.29, 1.82) is 0 Å². The number of hydrogen-bond acceptors (Lipinski definition) is 3. The van der Waals surface area contributed by atoms with Gasteiger partial charge >= 0.3 is 6.03 Å². The monoisotopic (exact) mass is 394 g/mol. The molecule has 3 N–H and O–H groups in total. The molecule has 154 valence electrons.